The summed E-state index contributed by atoms with van der Waals surface area (Å²) in [6, 6.07) is 0.918. The molecular formula is C11H13FN2O2. The van der Waals surface area contributed by atoms with Gasteiger partial charge in [-0.3, -0.25) is 0 Å². The fourth-order valence-corrected chi connectivity index (χ4v) is 1.66. The first-order valence-corrected chi connectivity index (χ1v) is 5.22. The smallest absolute Gasteiger partial charge is 0.357 e. The average molecular weight is 224 g/mol. The van der Waals surface area contributed by atoms with Gasteiger partial charge in [-0.05, 0) is 24.0 Å². The minimum atomic E-state index is -1.36. The van der Waals surface area contributed by atoms with Crippen molar-refractivity contribution in [2.75, 3.05) is 0 Å². The first kappa shape index (κ1) is 11.0. The largest absolute Gasteiger partial charge is 0.476 e. The molecule has 1 aliphatic rings. The molecule has 1 aliphatic carbocycles. The first-order valence-electron chi connectivity index (χ1n) is 5.22. The number of carboxylic acids is 1. The lowest BCUT2D eigenvalue weighted by Gasteiger charge is -2.11. The van der Waals surface area contributed by atoms with Gasteiger partial charge in [-0.2, -0.15) is 0 Å². The van der Waals surface area contributed by atoms with E-state index in [2.05, 4.69) is 4.98 Å². The molecule has 0 spiro atoms. The molecule has 0 amide bonds. The molecule has 1 saturated carbocycles. The standard InChI is InChI=1S/C11H13FN2O2/c12-8-4-7(5-14-10(8)11(15)16)9(13)3-6-1-2-6/h4-6,9H,1-3,13H2,(H,15,16). The van der Waals surface area contributed by atoms with Crippen LogP contribution < -0.4 is 5.73 Å². The summed E-state index contributed by atoms with van der Waals surface area (Å²) < 4.78 is 13.3. The monoisotopic (exact) mass is 224 g/mol. The number of hydrogen-bond donors (Lipinski definition) is 2. The molecule has 0 aliphatic heterocycles. The molecule has 1 aromatic rings. The summed E-state index contributed by atoms with van der Waals surface area (Å²) in [7, 11) is 0. The van der Waals surface area contributed by atoms with Gasteiger partial charge in [0, 0.05) is 12.2 Å². The van der Waals surface area contributed by atoms with Gasteiger partial charge in [0.1, 0.15) is 0 Å². The molecule has 1 heterocycles. The van der Waals surface area contributed by atoms with E-state index in [0.29, 0.717) is 11.5 Å². The van der Waals surface area contributed by atoms with E-state index in [4.69, 9.17) is 10.8 Å². The normalized spacial score (nSPS) is 17.1. The van der Waals surface area contributed by atoms with Crippen LogP contribution in [0.1, 0.15) is 41.4 Å². The fraction of sp³-hybridized carbons (Fsp3) is 0.455. The Kier molecular flexibility index (Phi) is 2.87. The molecule has 1 fully saturated rings. The predicted octanol–water partition coefficient (Wildman–Crippen LogP) is 1.72. The minimum Gasteiger partial charge on any atom is -0.476 e. The molecule has 86 valence electrons. The van der Waals surface area contributed by atoms with Crippen molar-refractivity contribution in [3.63, 3.8) is 0 Å². The Bertz CT molecular complexity index is 418. The number of carbonyl (C=O) groups is 1. The van der Waals surface area contributed by atoms with Gasteiger partial charge in [-0.1, -0.05) is 12.8 Å². The number of aromatic nitrogens is 1. The number of rotatable bonds is 4. The third-order valence-electron chi connectivity index (χ3n) is 2.78. The zero-order chi connectivity index (χ0) is 11.7. The number of nitrogens with zero attached hydrogens (tertiary/aromatic N) is 1. The molecule has 0 saturated heterocycles. The highest BCUT2D eigenvalue weighted by Crippen LogP contribution is 2.36. The number of aromatic carboxylic acids is 1. The summed E-state index contributed by atoms with van der Waals surface area (Å²) in [6.07, 6.45) is 4.51. The van der Waals surface area contributed by atoms with Crippen molar-refractivity contribution < 1.29 is 14.3 Å². The molecule has 1 unspecified atom stereocenters. The lowest BCUT2D eigenvalue weighted by Crippen LogP contribution is -2.13. The molecule has 2 rings (SSSR count). The summed E-state index contributed by atoms with van der Waals surface area (Å²) >= 11 is 0. The van der Waals surface area contributed by atoms with Crippen LogP contribution in [-0.2, 0) is 0 Å². The molecule has 0 bridgehead atoms. The Morgan fingerprint density at radius 3 is 2.88 bits per heavy atom. The third kappa shape index (κ3) is 2.36. The Labute approximate surface area is 92.3 Å². The number of nitrogens with two attached hydrogens (primary N) is 1. The van der Waals surface area contributed by atoms with Gasteiger partial charge in [-0.15, -0.1) is 0 Å². The second kappa shape index (κ2) is 4.17. The van der Waals surface area contributed by atoms with Gasteiger partial charge in [0.05, 0.1) is 0 Å². The zero-order valence-corrected chi connectivity index (χ0v) is 8.69. The van der Waals surface area contributed by atoms with E-state index >= 15 is 0 Å². The summed E-state index contributed by atoms with van der Waals surface area (Å²) in [6.45, 7) is 0. The van der Waals surface area contributed by atoms with E-state index in [1.54, 1.807) is 0 Å². The van der Waals surface area contributed by atoms with Crippen LogP contribution in [-0.4, -0.2) is 16.1 Å². The van der Waals surface area contributed by atoms with E-state index in [1.165, 1.54) is 25.1 Å². The van der Waals surface area contributed by atoms with E-state index in [1.807, 2.05) is 0 Å². The number of halogens is 1. The maximum atomic E-state index is 13.3. The lowest BCUT2D eigenvalue weighted by atomic mass is 10.0. The summed E-state index contributed by atoms with van der Waals surface area (Å²) in [5, 5.41) is 8.62. The van der Waals surface area contributed by atoms with Gasteiger partial charge in [0.2, 0.25) is 0 Å². The highest BCUT2D eigenvalue weighted by Gasteiger charge is 2.25. The van der Waals surface area contributed by atoms with Crippen molar-refractivity contribution in [2.45, 2.75) is 25.3 Å². The van der Waals surface area contributed by atoms with Crippen LogP contribution in [0, 0.1) is 11.7 Å². The van der Waals surface area contributed by atoms with Crippen molar-refractivity contribution in [3.05, 3.63) is 29.3 Å². The van der Waals surface area contributed by atoms with Crippen LogP contribution in [0.25, 0.3) is 0 Å². The molecule has 16 heavy (non-hydrogen) atoms. The summed E-state index contributed by atoms with van der Waals surface area (Å²) in [5.41, 5.74) is 5.89. The third-order valence-corrected chi connectivity index (χ3v) is 2.78. The second-order valence-corrected chi connectivity index (χ2v) is 4.19. The van der Waals surface area contributed by atoms with Crippen molar-refractivity contribution >= 4 is 5.97 Å². The molecule has 0 radical (unpaired) electrons. The minimum absolute atomic E-state index is 0.252. The van der Waals surface area contributed by atoms with Crippen molar-refractivity contribution in [1.29, 1.82) is 0 Å². The van der Waals surface area contributed by atoms with Crippen LogP contribution in [0.5, 0.6) is 0 Å². The molecule has 1 aromatic heterocycles. The average Bonchev–Trinajstić information content (AvgIpc) is 3.00. The van der Waals surface area contributed by atoms with Crippen LogP contribution >= 0.6 is 0 Å². The summed E-state index contributed by atoms with van der Waals surface area (Å²) in [4.78, 5) is 14.1. The van der Waals surface area contributed by atoms with Crippen LogP contribution in [0.2, 0.25) is 0 Å². The topological polar surface area (TPSA) is 76.2 Å². The Balaban J connectivity index is 2.15. The Morgan fingerprint density at radius 2 is 2.38 bits per heavy atom. The predicted molar refractivity (Wildman–Crippen MR) is 55.4 cm³/mol. The summed E-state index contributed by atoms with van der Waals surface area (Å²) in [5.74, 6) is -1.55. The van der Waals surface area contributed by atoms with Crippen molar-refractivity contribution in [2.24, 2.45) is 11.7 Å². The van der Waals surface area contributed by atoms with E-state index < -0.39 is 17.5 Å². The highest BCUT2D eigenvalue weighted by atomic mass is 19.1. The van der Waals surface area contributed by atoms with Gasteiger partial charge >= 0.3 is 5.97 Å². The molecule has 3 N–H and O–H groups in total. The highest BCUT2D eigenvalue weighted by molar-refractivity contribution is 5.85. The van der Waals surface area contributed by atoms with E-state index in [-0.39, 0.29) is 6.04 Å². The van der Waals surface area contributed by atoms with Crippen LogP contribution in [0.15, 0.2) is 12.3 Å². The lowest BCUT2D eigenvalue weighted by molar-refractivity contribution is 0.0685. The first-order chi connectivity index (χ1) is 7.58. The Morgan fingerprint density at radius 1 is 1.69 bits per heavy atom. The molecule has 1 atom stereocenters. The van der Waals surface area contributed by atoms with Gasteiger partial charge in [-0.25, -0.2) is 14.2 Å². The number of carboxylic acid groups (broad SMARTS) is 1. The van der Waals surface area contributed by atoms with Crippen LogP contribution in [0.3, 0.4) is 0 Å². The van der Waals surface area contributed by atoms with Crippen LogP contribution in [0.4, 0.5) is 4.39 Å². The molecule has 4 nitrogen and oxygen atoms in total. The Hall–Kier alpha value is -1.49. The number of pyridine rings is 1. The van der Waals surface area contributed by atoms with Gasteiger partial charge in [0.25, 0.3) is 0 Å². The SMILES string of the molecule is NC(CC1CC1)c1cnc(C(=O)O)c(F)c1. The zero-order valence-electron chi connectivity index (χ0n) is 8.69. The second-order valence-electron chi connectivity index (χ2n) is 4.19. The van der Waals surface area contributed by atoms with Crippen molar-refractivity contribution in [3.8, 4) is 0 Å². The maximum absolute atomic E-state index is 13.3. The van der Waals surface area contributed by atoms with Crippen molar-refractivity contribution in [1.82, 2.24) is 4.98 Å². The maximum Gasteiger partial charge on any atom is 0.357 e. The molecule has 5 heteroatoms. The van der Waals surface area contributed by atoms with Gasteiger partial charge in [0.15, 0.2) is 11.5 Å². The quantitative estimate of drug-likeness (QED) is 0.816. The molecular weight excluding hydrogens is 211 g/mol. The van der Waals surface area contributed by atoms with E-state index in [0.717, 1.165) is 6.42 Å². The molecule has 0 aromatic carbocycles. The fourth-order valence-electron chi connectivity index (χ4n) is 1.66. The van der Waals surface area contributed by atoms with E-state index in [9.17, 15) is 9.18 Å². The number of hydrogen-bond acceptors (Lipinski definition) is 3. The van der Waals surface area contributed by atoms with Gasteiger partial charge < -0.3 is 10.8 Å².